The number of phenols is 1. The maximum Gasteiger partial charge on any atom is 0.328 e. The molecule has 2 aromatic carbocycles. The molecule has 1 fully saturated rings. The van der Waals surface area contributed by atoms with Crippen LogP contribution in [0.4, 0.5) is 4.79 Å². The summed E-state index contributed by atoms with van der Waals surface area (Å²) < 4.78 is 0.944. The van der Waals surface area contributed by atoms with Crippen LogP contribution in [0.15, 0.2) is 46.9 Å². The van der Waals surface area contributed by atoms with E-state index >= 15 is 0 Å². The number of aromatic nitrogens is 1. The van der Waals surface area contributed by atoms with Crippen LogP contribution in [-0.2, 0) is 11.2 Å². The summed E-state index contributed by atoms with van der Waals surface area (Å²) in [6.45, 7) is 3.38. The first-order chi connectivity index (χ1) is 16.7. The average Bonchev–Trinajstić information content (AvgIpc) is 3.25. The molecule has 0 aliphatic carbocycles. The Balaban J connectivity index is 1.59. The number of carbonyl (C=O) groups is 2. The number of amides is 3. The zero-order valence-electron chi connectivity index (χ0n) is 19.7. The lowest BCUT2D eigenvalue weighted by atomic mass is 9.81. The minimum absolute atomic E-state index is 0.113. The Morgan fingerprint density at radius 3 is 2.83 bits per heavy atom. The van der Waals surface area contributed by atoms with Gasteiger partial charge < -0.3 is 10.1 Å². The van der Waals surface area contributed by atoms with Gasteiger partial charge in [-0.05, 0) is 61.9 Å². The summed E-state index contributed by atoms with van der Waals surface area (Å²) in [5.74, 6) is 2.53. The number of rotatable bonds is 6. The van der Waals surface area contributed by atoms with Gasteiger partial charge in [-0.2, -0.15) is 0 Å². The molecule has 0 radical (unpaired) electrons. The summed E-state index contributed by atoms with van der Waals surface area (Å²) in [6.07, 6.45) is 6.43. The van der Waals surface area contributed by atoms with Crippen molar-refractivity contribution in [3.8, 4) is 18.1 Å². The van der Waals surface area contributed by atoms with Gasteiger partial charge in [-0.25, -0.2) is 4.79 Å². The molecule has 2 aliphatic rings. The number of hydrogen-bond donors (Lipinski definition) is 2. The number of terminal acetylenes is 1. The van der Waals surface area contributed by atoms with Crippen molar-refractivity contribution in [2.24, 2.45) is 0 Å². The average molecular weight is 535 g/mol. The molecule has 35 heavy (non-hydrogen) atoms. The van der Waals surface area contributed by atoms with Gasteiger partial charge in [0.25, 0.3) is 5.91 Å². The quantitative estimate of drug-likeness (QED) is 0.365. The Morgan fingerprint density at radius 2 is 2.09 bits per heavy atom. The number of H-pyrrole nitrogens is 1. The van der Waals surface area contributed by atoms with Crippen LogP contribution < -0.4 is 0 Å². The topological polar surface area (TPSA) is 79.9 Å². The van der Waals surface area contributed by atoms with Crippen LogP contribution in [0.1, 0.15) is 36.2 Å². The predicted octanol–water partition coefficient (Wildman–Crippen LogP) is 4.26. The van der Waals surface area contributed by atoms with Crippen molar-refractivity contribution in [2.45, 2.75) is 31.3 Å². The minimum atomic E-state index is -1.04. The lowest BCUT2D eigenvalue weighted by Gasteiger charge is -2.42. The van der Waals surface area contributed by atoms with Gasteiger partial charge in [0.15, 0.2) is 0 Å². The van der Waals surface area contributed by atoms with E-state index in [2.05, 4.69) is 26.8 Å². The first kappa shape index (κ1) is 23.5. The van der Waals surface area contributed by atoms with Crippen molar-refractivity contribution < 1.29 is 14.7 Å². The van der Waals surface area contributed by atoms with Gasteiger partial charge in [-0.15, -0.1) is 6.42 Å². The maximum absolute atomic E-state index is 13.8. The first-order valence-corrected chi connectivity index (χ1v) is 12.4. The molecule has 2 unspecified atom stereocenters. The number of nitrogens with one attached hydrogen (secondary N) is 1. The molecule has 7 nitrogen and oxygen atoms in total. The molecular weight excluding hydrogens is 508 g/mol. The van der Waals surface area contributed by atoms with E-state index in [0.29, 0.717) is 32.5 Å². The highest BCUT2D eigenvalue weighted by Crippen LogP contribution is 2.49. The summed E-state index contributed by atoms with van der Waals surface area (Å²) in [5.41, 5.74) is 2.55. The molecule has 5 rings (SSSR count). The number of nitrogens with zero attached hydrogens (tertiary/aromatic N) is 3. The number of aromatic hydroxyl groups is 1. The molecule has 180 valence electrons. The number of hydrogen-bond acceptors (Lipinski definition) is 4. The van der Waals surface area contributed by atoms with Crippen LogP contribution in [0.2, 0.25) is 0 Å². The predicted molar refractivity (Wildman–Crippen MR) is 138 cm³/mol. The zero-order valence-corrected chi connectivity index (χ0v) is 21.3. The fraction of sp³-hybridized carbons (Fsp3) is 0.333. The van der Waals surface area contributed by atoms with Gasteiger partial charge in [0.05, 0.1) is 6.54 Å². The summed E-state index contributed by atoms with van der Waals surface area (Å²) in [5, 5.41) is 11.3. The fourth-order valence-corrected chi connectivity index (χ4v) is 5.82. The molecule has 3 heterocycles. The summed E-state index contributed by atoms with van der Waals surface area (Å²) in [4.78, 5) is 36.2. The van der Waals surface area contributed by atoms with Crippen molar-refractivity contribution in [3.63, 3.8) is 0 Å². The van der Waals surface area contributed by atoms with Crippen LogP contribution in [0.25, 0.3) is 10.9 Å². The van der Waals surface area contributed by atoms with Crippen molar-refractivity contribution in [2.75, 3.05) is 26.7 Å². The van der Waals surface area contributed by atoms with E-state index in [0.717, 1.165) is 32.2 Å². The molecule has 0 saturated carbocycles. The Morgan fingerprint density at radius 1 is 1.29 bits per heavy atom. The van der Waals surface area contributed by atoms with Gasteiger partial charge in [-0.1, -0.05) is 34.0 Å². The standard InChI is InChI=1S/C27H27BrN4O3/c1-4-11-30(3)12-6-13-31-25(34)27(2)16-21-20-15-18(28)9-10-22(20)29-23(21)24(32(27)26(31)35)17-7-5-8-19(33)14-17/h1,5,7-10,14-15,24,29,33H,6,11-13,16H2,2-3H3. The van der Waals surface area contributed by atoms with Crippen molar-refractivity contribution >= 4 is 38.8 Å². The summed E-state index contributed by atoms with van der Waals surface area (Å²) in [7, 11) is 1.92. The maximum atomic E-state index is 13.8. The Labute approximate surface area is 212 Å². The second kappa shape index (κ2) is 8.74. The van der Waals surface area contributed by atoms with E-state index in [1.807, 2.05) is 43.1 Å². The number of halogens is 1. The second-order valence-electron chi connectivity index (χ2n) is 9.56. The highest BCUT2D eigenvalue weighted by molar-refractivity contribution is 9.10. The van der Waals surface area contributed by atoms with Gasteiger partial charge in [0.1, 0.15) is 17.3 Å². The van der Waals surface area contributed by atoms with Gasteiger partial charge >= 0.3 is 6.03 Å². The SMILES string of the molecule is C#CCN(C)CCCN1C(=O)N2C(c3cccc(O)c3)c3[nH]c4ccc(Br)cc4c3CC2(C)C1=O. The van der Waals surface area contributed by atoms with Crippen molar-refractivity contribution in [1.29, 1.82) is 0 Å². The second-order valence-corrected chi connectivity index (χ2v) is 10.5. The highest BCUT2D eigenvalue weighted by atomic mass is 79.9. The summed E-state index contributed by atoms with van der Waals surface area (Å²) >= 11 is 3.56. The van der Waals surface area contributed by atoms with Crippen LogP contribution in [0, 0.1) is 12.3 Å². The minimum Gasteiger partial charge on any atom is -0.508 e. The van der Waals surface area contributed by atoms with Gasteiger partial charge in [0, 0.05) is 40.6 Å². The Kier molecular flexibility index (Phi) is 5.86. The Bertz CT molecular complexity index is 1380. The fourth-order valence-electron chi connectivity index (χ4n) is 5.46. The first-order valence-electron chi connectivity index (χ1n) is 11.6. The molecule has 3 aromatic rings. The largest absolute Gasteiger partial charge is 0.508 e. The molecule has 2 N–H and O–H groups in total. The zero-order chi connectivity index (χ0) is 24.9. The molecule has 0 spiro atoms. The molecule has 8 heteroatoms. The molecule has 3 amide bonds. The molecule has 2 atom stereocenters. The monoisotopic (exact) mass is 534 g/mol. The molecule has 2 aliphatic heterocycles. The number of phenolic OH excluding ortho intramolecular Hbond substituents is 1. The van der Waals surface area contributed by atoms with Crippen LogP contribution in [-0.4, -0.2) is 68.9 Å². The van der Waals surface area contributed by atoms with E-state index in [-0.39, 0.29) is 17.7 Å². The lowest BCUT2D eigenvalue weighted by molar-refractivity contribution is -0.133. The summed E-state index contributed by atoms with van der Waals surface area (Å²) in [6, 6.07) is 12.1. The van der Waals surface area contributed by atoms with E-state index in [1.54, 1.807) is 23.1 Å². The van der Waals surface area contributed by atoms with Crippen molar-refractivity contribution in [1.82, 2.24) is 19.7 Å². The van der Waals surface area contributed by atoms with Crippen LogP contribution in [0.5, 0.6) is 5.75 Å². The number of urea groups is 1. The number of benzene rings is 2. The van der Waals surface area contributed by atoms with E-state index in [4.69, 9.17) is 6.42 Å². The van der Waals surface area contributed by atoms with Crippen LogP contribution in [0.3, 0.4) is 0 Å². The lowest BCUT2D eigenvalue weighted by Crippen LogP contribution is -2.53. The van der Waals surface area contributed by atoms with Gasteiger partial charge in [0.2, 0.25) is 0 Å². The smallest absolute Gasteiger partial charge is 0.328 e. The number of imide groups is 1. The number of carbonyl (C=O) groups excluding carboxylic acids is 2. The van der Waals surface area contributed by atoms with Crippen LogP contribution >= 0.6 is 15.9 Å². The number of aromatic amines is 1. The van der Waals surface area contributed by atoms with Crippen molar-refractivity contribution in [3.05, 3.63) is 63.8 Å². The van der Waals surface area contributed by atoms with E-state index < -0.39 is 11.6 Å². The molecule has 1 aromatic heterocycles. The third-order valence-corrected chi connectivity index (χ3v) is 7.59. The van der Waals surface area contributed by atoms with E-state index in [9.17, 15) is 14.7 Å². The van der Waals surface area contributed by atoms with Gasteiger partial charge in [-0.3, -0.25) is 19.5 Å². The third kappa shape index (κ3) is 3.79. The molecular formula is C27H27BrN4O3. The molecule has 1 saturated heterocycles. The third-order valence-electron chi connectivity index (χ3n) is 7.10. The normalized spacial score (nSPS) is 21.5. The highest BCUT2D eigenvalue weighted by Gasteiger charge is 2.60. The Hall–Kier alpha value is -3.28. The van der Waals surface area contributed by atoms with E-state index in [1.165, 1.54) is 4.90 Å². The molecule has 0 bridgehead atoms. The number of fused-ring (bicyclic) bond motifs is 4.